The summed E-state index contributed by atoms with van der Waals surface area (Å²) in [5, 5.41) is 0. The summed E-state index contributed by atoms with van der Waals surface area (Å²) in [5.74, 6) is 0.767. The number of rotatable bonds is 5. The minimum absolute atomic E-state index is 0.396. The number of hydrogen-bond acceptors (Lipinski definition) is 5. The van der Waals surface area contributed by atoms with Gasteiger partial charge in [0.1, 0.15) is 18.5 Å². The minimum atomic E-state index is -0.737. The fourth-order valence-electron chi connectivity index (χ4n) is 2.56. The summed E-state index contributed by atoms with van der Waals surface area (Å²) in [7, 11) is 0. The number of nitrogens with two attached hydrogens (primary N) is 2. The molecule has 5 nitrogen and oxygen atoms in total. The minimum Gasteiger partial charge on any atom is -0.487 e. The molecule has 1 aromatic carbocycles. The van der Waals surface area contributed by atoms with E-state index in [0.29, 0.717) is 13.0 Å². The van der Waals surface area contributed by atoms with Crippen molar-refractivity contribution in [3.8, 4) is 5.75 Å². The van der Waals surface area contributed by atoms with E-state index >= 15 is 0 Å². The Morgan fingerprint density at radius 1 is 1.25 bits per heavy atom. The van der Waals surface area contributed by atoms with Crippen molar-refractivity contribution in [1.29, 1.82) is 0 Å². The second-order valence-corrected chi connectivity index (χ2v) is 6.67. The molecule has 6 heteroatoms. The second kappa shape index (κ2) is 7.25. The van der Waals surface area contributed by atoms with E-state index in [1.807, 2.05) is 48.6 Å². The predicted octanol–water partition coefficient (Wildman–Crippen LogP) is 2.59. The highest BCUT2D eigenvalue weighted by molar-refractivity contribution is 9.10. The smallest absolute Gasteiger partial charge is 0.130 e. The molecule has 0 saturated carbocycles. The van der Waals surface area contributed by atoms with Crippen LogP contribution < -0.4 is 16.2 Å². The van der Waals surface area contributed by atoms with Gasteiger partial charge in [0, 0.05) is 23.3 Å². The van der Waals surface area contributed by atoms with E-state index < -0.39 is 11.7 Å². The van der Waals surface area contributed by atoms with Gasteiger partial charge in [-0.15, -0.1) is 0 Å². The van der Waals surface area contributed by atoms with Crippen molar-refractivity contribution in [2.75, 3.05) is 0 Å². The van der Waals surface area contributed by atoms with Gasteiger partial charge in [-0.05, 0) is 42.0 Å². The third kappa shape index (κ3) is 3.90. The largest absolute Gasteiger partial charge is 0.487 e. The molecule has 1 aromatic heterocycles. The summed E-state index contributed by atoms with van der Waals surface area (Å²) in [5.41, 5.74) is 13.6. The molecule has 0 saturated heterocycles. The van der Waals surface area contributed by atoms with E-state index in [4.69, 9.17) is 16.2 Å². The summed E-state index contributed by atoms with van der Waals surface area (Å²) in [6, 6.07) is 11.6. The Hall–Kier alpha value is -2.02. The summed E-state index contributed by atoms with van der Waals surface area (Å²) in [4.78, 5) is 8.48. The average Bonchev–Trinajstić information content (AvgIpc) is 2.58. The topological polar surface area (TPSA) is 86.5 Å². The maximum absolute atomic E-state index is 6.45. The van der Waals surface area contributed by atoms with Crippen LogP contribution in [0.1, 0.15) is 11.3 Å². The number of benzene rings is 1. The normalized spacial score (nSPS) is 22.5. The third-order valence-electron chi connectivity index (χ3n) is 3.91. The first-order valence-corrected chi connectivity index (χ1v) is 8.43. The lowest BCUT2D eigenvalue weighted by atomic mass is 9.87. The molecule has 0 radical (unpaired) electrons. The average molecular weight is 387 g/mol. The quantitative estimate of drug-likeness (QED) is 0.826. The van der Waals surface area contributed by atoms with Crippen LogP contribution in [0.5, 0.6) is 5.75 Å². The van der Waals surface area contributed by atoms with Crippen LogP contribution in [0, 0.1) is 0 Å². The Morgan fingerprint density at radius 3 is 2.88 bits per heavy atom. The highest BCUT2D eigenvalue weighted by Crippen LogP contribution is 2.29. The van der Waals surface area contributed by atoms with Crippen molar-refractivity contribution in [3.05, 3.63) is 70.5 Å². The van der Waals surface area contributed by atoms with E-state index in [1.165, 1.54) is 0 Å². The van der Waals surface area contributed by atoms with Crippen molar-refractivity contribution in [1.82, 2.24) is 4.98 Å². The highest BCUT2D eigenvalue weighted by atomic mass is 79.9. The Labute approximate surface area is 149 Å². The van der Waals surface area contributed by atoms with Gasteiger partial charge in [0.05, 0.1) is 11.2 Å². The van der Waals surface area contributed by atoms with E-state index in [0.717, 1.165) is 21.5 Å². The van der Waals surface area contributed by atoms with Crippen LogP contribution in [0.4, 0.5) is 0 Å². The second-order valence-electron chi connectivity index (χ2n) is 5.75. The van der Waals surface area contributed by atoms with Gasteiger partial charge in [-0.2, -0.15) is 0 Å². The van der Waals surface area contributed by atoms with Crippen LogP contribution in [0.15, 0.2) is 64.2 Å². The van der Waals surface area contributed by atoms with Crippen molar-refractivity contribution in [3.63, 3.8) is 0 Å². The molecule has 0 amide bonds. The number of ether oxygens (including phenoxy) is 1. The first-order chi connectivity index (χ1) is 11.6. The predicted molar refractivity (Wildman–Crippen MR) is 98.9 cm³/mol. The number of dihydropyridines is 1. The summed E-state index contributed by atoms with van der Waals surface area (Å²) in [6.07, 6.45) is 7.20. The molecule has 2 aromatic rings. The van der Waals surface area contributed by atoms with Gasteiger partial charge < -0.3 is 16.2 Å². The van der Waals surface area contributed by atoms with E-state index in [9.17, 15) is 0 Å². The van der Waals surface area contributed by atoms with Gasteiger partial charge in [0.2, 0.25) is 0 Å². The number of pyridine rings is 1. The fourth-order valence-corrected chi connectivity index (χ4v) is 2.97. The number of hydrogen-bond donors (Lipinski definition) is 2. The molecule has 1 aliphatic rings. The lowest BCUT2D eigenvalue weighted by Gasteiger charge is -2.32. The van der Waals surface area contributed by atoms with Crippen LogP contribution in [0.2, 0.25) is 0 Å². The summed E-state index contributed by atoms with van der Waals surface area (Å²) < 4.78 is 6.92. The van der Waals surface area contributed by atoms with Gasteiger partial charge in [-0.3, -0.25) is 9.98 Å². The lowest BCUT2D eigenvalue weighted by molar-refractivity contribution is 0.295. The number of aromatic nitrogens is 1. The lowest BCUT2D eigenvalue weighted by Crippen LogP contribution is -2.55. The number of nitrogens with zero attached hydrogens (tertiary/aromatic N) is 2. The monoisotopic (exact) mass is 386 g/mol. The first-order valence-electron chi connectivity index (χ1n) is 7.63. The molecule has 2 heterocycles. The Balaban J connectivity index is 1.81. The molecule has 1 aliphatic heterocycles. The molecule has 124 valence electrons. The van der Waals surface area contributed by atoms with Gasteiger partial charge in [0.15, 0.2) is 0 Å². The van der Waals surface area contributed by atoms with E-state index in [2.05, 4.69) is 25.9 Å². The van der Waals surface area contributed by atoms with Crippen molar-refractivity contribution in [2.24, 2.45) is 16.5 Å². The number of allylic oxidation sites excluding steroid dienone is 1. The van der Waals surface area contributed by atoms with Crippen molar-refractivity contribution < 1.29 is 4.74 Å². The molecule has 2 unspecified atom stereocenters. The molecule has 0 fully saturated rings. The van der Waals surface area contributed by atoms with Crippen LogP contribution in [-0.2, 0) is 13.0 Å². The Kier molecular flexibility index (Phi) is 5.08. The maximum Gasteiger partial charge on any atom is 0.130 e. The first kappa shape index (κ1) is 16.8. The summed E-state index contributed by atoms with van der Waals surface area (Å²) in [6.45, 7) is 0.396. The molecule has 0 spiro atoms. The standard InChI is InChI=1S/C18H19BrN4O/c19-14-5-6-16(24-12-15-4-1-2-8-22-15)13(10-14)11-18(21)7-3-9-23-17(18)20/h1-10,17H,11-12,20-21H2. The number of aliphatic imine (C=N–C) groups is 1. The Morgan fingerprint density at radius 2 is 2.12 bits per heavy atom. The zero-order valence-electron chi connectivity index (χ0n) is 13.1. The van der Waals surface area contributed by atoms with Crippen LogP contribution in [-0.4, -0.2) is 22.9 Å². The third-order valence-corrected chi connectivity index (χ3v) is 4.40. The van der Waals surface area contributed by atoms with Crippen LogP contribution in [0.25, 0.3) is 0 Å². The van der Waals surface area contributed by atoms with Crippen molar-refractivity contribution >= 4 is 22.1 Å². The molecule has 4 N–H and O–H groups in total. The molecule has 0 aliphatic carbocycles. The SMILES string of the molecule is NC1N=CC=CC1(N)Cc1cc(Br)ccc1OCc1ccccn1. The molecule has 0 bridgehead atoms. The molecular formula is C18H19BrN4O. The van der Waals surface area contributed by atoms with Gasteiger partial charge in [-0.1, -0.05) is 28.1 Å². The molecule has 3 rings (SSSR count). The zero-order chi connectivity index (χ0) is 17.0. The fraction of sp³-hybridized carbons (Fsp3) is 0.222. The molecule has 2 atom stereocenters. The van der Waals surface area contributed by atoms with Crippen LogP contribution >= 0.6 is 15.9 Å². The highest BCUT2D eigenvalue weighted by Gasteiger charge is 2.32. The Bertz CT molecular complexity index is 763. The van der Waals surface area contributed by atoms with E-state index in [-0.39, 0.29) is 0 Å². The maximum atomic E-state index is 6.45. The zero-order valence-corrected chi connectivity index (χ0v) is 14.7. The van der Waals surface area contributed by atoms with Crippen molar-refractivity contribution in [2.45, 2.75) is 24.7 Å². The summed E-state index contributed by atoms with van der Waals surface area (Å²) >= 11 is 3.50. The number of halogens is 1. The van der Waals surface area contributed by atoms with Gasteiger partial charge >= 0.3 is 0 Å². The molecular weight excluding hydrogens is 368 g/mol. The van der Waals surface area contributed by atoms with Gasteiger partial charge in [-0.25, -0.2) is 0 Å². The van der Waals surface area contributed by atoms with Crippen LogP contribution in [0.3, 0.4) is 0 Å². The molecule has 24 heavy (non-hydrogen) atoms. The van der Waals surface area contributed by atoms with E-state index in [1.54, 1.807) is 12.4 Å². The van der Waals surface area contributed by atoms with Gasteiger partial charge in [0.25, 0.3) is 0 Å².